The Balaban J connectivity index is 1.68. The van der Waals surface area contributed by atoms with Crippen LogP contribution in [0.4, 0.5) is 5.69 Å². The second-order valence-corrected chi connectivity index (χ2v) is 7.72. The van der Waals surface area contributed by atoms with Crippen molar-refractivity contribution in [2.75, 3.05) is 25.4 Å². The second-order valence-electron chi connectivity index (χ2n) is 6.00. The number of amides is 1. The number of anilines is 1. The number of nitrogen functional groups attached to an aromatic ring is 1. The molecule has 3 aromatic rings. The van der Waals surface area contributed by atoms with Gasteiger partial charge < -0.3 is 20.6 Å². The van der Waals surface area contributed by atoms with Gasteiger partial charge in [-0.3, -0.25) is 4.79 Å². The third kappa shape index (κ3) is 4.75. The van der Waals surface area contributed by atoms with E-state index in [2.05, 4.69) is 15.5 Å². The molecule has 3 N–H and O–H groups in total. The lowest BCUT2D eigenvalue weighted by molar-refractivity contribution is -0.115. The fourth-order valence-corrected chi connectivity index (χ4v) is 3.52. The highest BCUT2D eigenvalue weighted by atomic mass is 35.5. The number of benzene rings is 2. The molecule has 8 nitrogen and oxygen atoms in total. The van der Waals surface area contributed by atoms with Crippen molar-refractivity contribution in [2.24, 2.45) is 0 Å². The largest absolute Gasteiger partial charge is 0.497 e. The van der Waals surface area contributed by atoms with E-state index in [1.54, 1.807) is 32.2 Å². The first-order chi connectivity index (χ1) is 13.9. The van der Waals surface area contributed by atoms with E-state index in [0.29, 0.717) is 27.4 Å². The van der Waals surface area contributed by atoms with E-state index in [1.165, 1.54) is 23.5 Å². The number of ether oxygens (including phenoxy) is 2. The van der Waals surface area contributed by atoms with Crippen LogP contribution in [0, 0.1) is 0 Å². The maximum absolute atomic E-state index is 12.5. The number of nitrogens with zero attached hydrogens (tertiary/aromatic N) is 3. The summed E-state index contributed by atoms with van der Waals surface area (Å²) in [7, 11) is 3.13. The van der Waals surface area contributed by atoms with Crippen LogP contribution >= 0.6 is 23.4 Å². The summed E-state index contributed by atoms with van der Waals surface area (Å²) >= 11 is 7.30. The Kier molecular flexibility index (Phi) is 6.50. The highest BCUT2D eigenvalue weighted by Crippen LogP contribution is 2.29. The summed E-state index contributed by atoms with van der Waals surface area (Å²) in [4.78, 5) is 12.5. The summed E-state index contributed by atoms with van der Waals surface area (Å²) in [5.41, 5.74) is 1.36. The second kappa shape index (κ2) is 9.06. The van der Waals surface area contributed by atoms with Crippen LogP contribution in [0.3, 0.4) is 0 Å². The molecular weight excluding hydrogens is 414 g/mol. The standard InChI is InChI=1S/C19H20ClN5O3S/c1-11(18(26)22-13-6-9-16(28-3)15(20)10-13)29-19-24-23-17(25(19)21)12-4-7-14(27-2)8-5-12/h4-11H,21H2,1-3H3,(H,22,26). The molecule has 1 heterocycles. The predicted octanol–water partition coefficient (Wildman–Crippen LogP) is 3.45. The SMILES string of the molecule is COc1ccc(-c2nnc(SC(C)C(=O)Nc3ccc(OC)c(Cl)c3)n2N)cc1. The molecule has 2 aromatic carbocycles. The maximum atomic E-state index is 12.5. The lowest BCUT2D eigenvalue weighted by Crippen LogP contribution is -2.23. The smallest absolute Gasteiger partial charge is 0.237 e. The molecule has 0 aliphatic carbocycles. The van der Waals surface area contributed by atoms with Crippen molar-refractivity contribution in [1.82, 2.24) is 14.9 Å². The Morgan fingerprint density at radius 2 is 1.90 bits per heavy atom. The molecule has 1 unspecified atom stereocenters. The molecule has 0 aliphatic heterocycles. The third-order valence-electron chi connectivity index (χ3n) is 4.08. The first-order valence-corrected chi connectivity index (χ1v) is 9.84. The molecule has 0 radical (unpaired) electrons. The number of carbonyl (C=O) groups is 1. The Hall–Kier alpha value is -2.91. The summed E-state index contributed by atoms with van der Waals surface area (Å²) in [6.45, 7) is 1.76. The van der Waals surface area contributed by atoms with Gasteiger partial charge in [0.15, 0.2) is 5.82 Å². The van der Waals surface area contributed by atoms with E-state index in [1.807, 2.05) is 24.3 Å². The van der Waals surface area contributed by atoms with Crippen molar-refractivity contribution in [3.8, 4) is 22.9 Å². The highest BCUT2D eigenvalue weighted by molar-refractivity contribution is 8.00. The van der Waals surface area contributed by atoms with Gasteiger partial charge in [0.2, 0.25) is 11.1 Å². The van der Waals surface area contributed by atoms with Crippen LogP contribution in [-0.4, -0.2) is 40.3 Å². The van der Waals surface area contributed by atoms with E-state index in [9.17, 15) is 4.79 Å². The molecule has 0 fully saturated rings. The molecule has 1 aromatic heterocycles. The predicted molar refractivity (Wildman–Crippen MR) is 114 cm³/mol. The Morgan fingerprint density at radius 1 is 1.17 bits per heavy atom. The van der Waals surface area contributed by atoms with E-state index in [0.717, 1.165) is 11.3 Å². The molecule has 29 heavy (non-hydrogen) atoms. The van der Waals surface area contributed by atoms with Crippen molar-refractivity contribution in [3.05, 3.63) is 47.5 Å². The first-order valence-electron chi connectivity index (χ1n) is 8.59. The van der Waals surface area contributed by atoms with Crippen molar-refractivity contribution >= 4 is 35.0 Å². The third-order valence-corrected chi connectivity index (χ3v) is 5.44. The van der Waals surface area contributed by atoms with Gasteiger partial charge in [-0.15, -0.1) is 10.2 Å². The number of nitrogens with one attached hydrogen (secondary N) is 1. The van der Waals surface area contributed by atoms with E-state index < -0.39 is 5.25 Å². The lowest BCUT2D eigenvalue weighted by atomic mass is 10.2. The molecule has 0 saturated heterocycles. The van der Waals surface area contributed by atoms with Crippen molar-refractivity contribution in [3.63, 3.8) is 0 Å². The van der Waals surface area contributed by atoms with Crippen LogP contribution in [0.25, 0.3) is 11.4 Å². The molecule has 10 heteroatoms. The van der Waals surface area contributed by atoms with Gasteiger partial charge in [0, 0.05) is 11.3 Å². The minimum atomic E-state index is -0.467. The van der Waals surface area contributed by atoms with Crippen LogP contribution in [0.15, 0.2) is 47.6 Å². The Morgan fingerprint density at radius 3 is 2.52 bits per heavy atom. The summed E-state index contributed by atoms with van der Waals surface area (Å²) in [5, 5.41) is 11.4. The Labute approximate surface area is 177 Å². The normalized spacial score (nSPS) is 11.7. The Bertz CT molecular complexity index is 1010. The van der Waals surface area contributed by atoms with Gasteiger partial charge in [0.05, 0.1) is 24.5 Å². The average molecular weight is 434 g/mol. The minimum absolute atomic E-state index is 0.217. The summed E-state index contributed by atoms with van der Waals surface area (Å²) in [5.74, 6) is 7.68. The summed E-state index contributed by atoms with van der Waals surface area (Å²) in [6.07, 6.45) is 0. The quantitative estimate of drug-likeness (QED) is 0.434. The maximum Gasteiger partial charge on any atom is 0.237 e. The molecule has 0 aliphatic rings. The molecule has 1 atom stereocenters. The van der Waals surface area contributed by atoms with Crippen molar-refractivity contribution in [1.29, 1.82) is 0 Å². The zero-order valence-electron chi connectivity index (χ0n) is 16.0. The van der Waals surface area contributed by atoms with E-state index in [-0.39, 0.29) is 5.91 Å². The zero-order valence-corrected chi connectivity index (χ0v) is 17.6. The van der Waals surface area contributed by atoms with E-state index in [4.69, 9.17) is 26.9 Å². The van der Waals surface area contributed by atoms with Gasteiger partial charge in [0.1, 0.15) is 11.5 Å². The van der Waals surface area contributed by atoms with Crippen molar-refractivity contribution < 1.29 is 14.3 Å². The number of hydrogen-bond donors (Lipinski definition) is 2. The number of carbonyl (C=O) groups excluding carboxylic acids is 1. The number of hydrogen-bond acceptors (Lipinski definition) is 7. The van der Waals surface area contributed by atoms with Crippen LogP contribution < -0.4 is 20.6 Å². The number of aromatic nitrogens is 3. The molecule has 152 valence electrons. The fourth-order valence-electron chi connectivity index (χ4n) is 2.49. The summed E-state index contributed by atoms with van der Waals surface area (Å²) < 4.78 is 11.6. The minimum Gasteiger partial charge on any atom is -0.497 e. The average Bonchev–Trinajstić information content (AvgIpc) is 3.08. The van der Waals surface area contributed by atoms with Crippen LogP contribution in [0.1, 0.15) is 6.92 Å². The number of methoxy groups -OCH3 is 2. The van der Waals surface area contributed by atoms with Gasteiger partial charge in [-0.05, 0) is 49.4 Å². The van der Waals surface area contributed by atoms with Gasteiger partial charge in [0.25, 0.3) is 0 Å². The first kappa shape index (κ1) is 20.8. The van der Waals surface area contributed by atoms with Gasteiger partial charge in [-0.2, -0.15) is 0 Å². The monoisotopic (exact) mass is 433 g/mol. The molecule has 0 bridgehead atoms. The summed E-state index contributed by atoms with van der Waals surface area (Å²) in [6, 6.07) is 12.3. The molecule has 3 rings (SSSR count). The van der Waals surface area contributed by atoms with Crippen molar-refractivity contribution in [2.45, 2.75) is 17.3 Å². The molecule has 0 spiro atoms. The number of rotatable bonds is 7. The van der Waals surface area contributed by atoms with Crippen LogP contribution in [0.5, 0.6) is 11.5 Å². The lowest BCUT2D eigenvalue weighted by Gasteiger charge is -2.12. The number of nitrogens with two attached hydrogens (primary N) is 1. The molecular formula is C19H20ClN5O3S. The van der Waals surface area contributed by atoms with Gasteiger partial charge >= 0.3 is 0 Å². The van der Waals surface area contributed by atoms with E-state index >= 15 is 0 Å². The number of thioether (sulfide) groups is 1. The van der Waals surface area contributed by atoms with Gasteiger partial charge in [-0.1, -0.05) is 23.4 Å². The van der Waals surface area contributed by atoms with Crippen LogP contribution in [0.2, 0.25) is 5.02 Å². The van der Waals surface area contributed by atoms with Crippen LogP contribution in [-0.2, 0) is 4.79 Å². The molecule has 0 saturated carbocycles. The zero-order chi connectivity index (χ0) is 21.0. The number of halogens is 1. The van der Waals surface area contributed by atoms with Gasteiger partial charge in [-0.25, -0.2) is 4.68 Å². The molecule has 1 amide bonds. The fraction of sp³-hybridized carbons (Fsp3) is 0.211. The highest BCUT2D eigenvalue weighted by Gasteiger charge is 2.20. The topological polar surface area (TPSA) is 104 Å².